The van der Waals surface area contributed by atoms with Crippen molar-refractivity contribution in [2.24, 2.45) is 5.92 Å². The van der Waals surface area contributed by atoms with Gasteiger partial charge in [0.15, 0.2) is 0 Å². The van der Waals surface area contributed by atoms with Gasteiger partial charge in [-0.25, -0.2) is 8.78 Å². The second-order valence-corrected chi connectivity index (χ2v) is 4.67. The zero-order valence-electron chi connectivity index (χ0n) is 10.2. The van der Waals surface area contributed by atoms with E-state index in [0.29, 0.717) is 12.5 Å². The lowest BCUT2D eigenvalue weighted by atomic mass is 9.94. The van der Waals surface area contributed by atoms with Gasteiger partial charge in [-0.15, -0.1) is 0 Å². The van der Waals surface area contributed by atoms with Gasteiger partial charge in [-0.2, -0.15) is 0 Å². The average molecular weight is 254 g/mol. The Morgan fingerprint density at radius 3 is 2.94 bits per heavy atom. The van der Waals surface area contributed by atoms with Crippen molar-refractivity contribution < 1.29 is 13.6 Å². The first-order valence-corrected chi connectivity index (χ1v) is 6.04. The van der Waals surface area contributed by atoms with Crippen molar-refractivity contribution in [3.8, 4) is 0 Å². The molecule has 1 heterocycles. The average Bonchev–Trinajstić information content (AvgIpc) is 2.35. The van der Waals surface area contributed by atoms with Crippen LogP contribution in [0.25, 0.3) is 0 Å². The molecule has 1 aromatic carbocycles. The smallest absolute Gasteiger partial charge is 0.254 e. The highest BCUT2D eigenvalue weighted by atomic mass is 19.1. The summed E-state index contributed by atoms with van der Waals surface area (Å²) in [4.78, 5) is 11.9. The molecule has 1 aliphatic rings. The molecule has 2 rings (SSSR count). The monoisotopic (exact) mass is 254 g/mol. The molecule has 2 atom stereocenters. The van der Waals surface area contributed by atoms with Gasteiger partial charge < -0.3 is 10.6 Å². The molecule has 98 valence electrons. The molecule has 0 radical (unpaired) electrons. The fraction of sp³-hybridized carbons (Fsp3) is 0.462. The second-order valence-electron chi connectivity index (χ2n) is 4.67. The maximum atomic E-state index is 13.4. The van der Waals surface area contributed by atoms with Crippen LogP contribution in [0.4, 0.5) is 8.78 Å². The van der Waals surface area contributed by atoms with Crippen LogP contribution in [-0.4, -0.2) is 25.0 Å². The minimum absolute atomic E-state index is 0.0473. The van der Waals surface area contributed by atoms with Crippen LogP contribution in [0.15, 0.2) is 18.2 Å². The molecule has 0 aliphatic carbocycles. The summed E-state index contributed by atoms with van der Waals surface area (Å²) in [5, 5.41) is 5.91. The molecule has 1 fully saturated rings. The molecule has 3 nitrogen and oxygen atoms in total. The van der Waals surface area contributed by atoms with Gasteiger partial charge >= 0.3 is 0 Å². The normalized spacial score (nSPS) is 23.7. The van der Waals surface area contributed by atoms with E-state index in [1.165, 1.54) is 0 Å². The summed E-state index contributed by atoms with van der Waals surface area (Å²) in [5.74, 6) is -1.55. The van der Waals surface area contributed by atoms with Gasteiger partial charge in [0.05, 0.1) is 5.56 Å². The fourth-order valence-electron chi connectivity index (χ4n) is 2.10. The topological polar surface area (TPSA) is 41.1 Å². The van der Waals surface area contributed by atoms with Crippen molar-refractivity contribution in [3.63, 3.8) is 0 Å². The van der Waals surface area contributed by atoms with Crippen molar-refractivity contribution in [2.45, 2.75) is 19.4 Å². The van der Waals surface area contributed by atoms with E-state index < -0.39 is 17.5 Å². The summed E-state index contributed by atoms with van der Waals surface area (Å²) < 4.78 is 26.4. The minimum atomic E-state index is -0.703. The van der Waals surface area contributed by atoms with E-state index in [1.807, 2.05) is 6.92 Å². The van der Waals surface area contributed by atoms with Crippen molar-refractivity contribution in [1.29, 1.82) is 0 Å². The first-order chi connectivity index (χ1) is 8.58. The SMILES string of the molecule is C[C@H]1CCNC[C@@H]1NC(=O)c1cc(F)ccc1F. The maximum absolute atomic E-state index is 13.4. The Kier molecular flexibility index (Phi) is 3.91. The summed E-state index contributed by atoms with van der Waals surface area (Å²) in [6.07, 6.45) is 0.955. The van der Waals surface area contributed by atoms with Crippen LogP contribution < -0.4 is 10.6 Å². The summed E-state index contributed by atoms with van der Waals surface area (Å²) >= 11 is 0. The lowest BCUT2D eigenvalue weighted by Crippen LogP contribution is -2.50. The third-order valence-corrected chi connectivity index (χ3v) is 3.32. The molecular weight excluding hydrogens is 238 g/mol. The van der Waals surface area contributed by atoms with Gasteiger partial charge in [-0.3, -0.25) is 4.79 Å². The van der Waals surface area contributed by atoms with Crippen LogP contribution in [0.3, 0.4) is 0 Å². The van der Waals surface area contributed by atoms with E-state index in [4.69, 9.17) is 0 Å². The first-order valence-electron chi connectivity index (χ1n) is 6.04. The van der Waals surface area contributed by atoms with Gasteiger partial charge in [0.25, 0.3) is 5.91 Å². The standard InChI is InChI=1S/C13H16F2N2O/c1-8-4-5-16-7-12(8)17-13(18)10-6-9(14)2-3-11(10)15/h2-3,6,8,12,16H,4-5,7H2,1H3,(H,17,18)/t8-,12-/m0/s1. The van der Waals surface area contributed by atoms with Gasteiger partial charge in [0.1, 0.15) is 11.6 Å². The molecular formula is C13H16F2N2O. The van der Waals surface area contributed by atoms with Gasteiger partial charge in [0, 0.05) is 12.6 Å². The molecule has 1 aromatic rings. The quantitative estimate of drug-likeness (QED) is 0.843. The fourth-order valence-corrected chi connectivity index (χ4v) is 2.10. The van der Waals surface area contributed by atoms with Crippen LogP contribution in [0, 0.1) is 17.6 Å². The summed E-state index contributed by atoms with van der Waals surface area (Å²) in [7, 11) is 0. The van der Waals surface area contributed by atoms with E-state index in [1.54, 1.807) is 0 Å². The van der Waals surface area contributed by atoms with Crippen LogP contribution in [-0.2, 0) is 0 Å². The van der Waals surface area contributed by atoms with E-state index in [-0.39, 0.29) is 11.6 Å². The third-order valence-electron chi connectivity index (χ3n) is 3.32. The highest BCUT2D eigenvalue weighted by molar-refractivity contribution is 5.94. The number of halogens is 2. The van der Waals surface area contributed by atoms with Crippen LogP contribution in [0.2, 0.25) is 0 Å². The highest BCUT2D eigenvalue weighted by Crippen LogP contribution is 2.14. The molecule has 1 saturated heterocycles. The number of amides is 1. The zero-order valence-corrected chi connectivity index (χ0v) is 10.2. The number of rotatable bonds is 2. The van der Waals surface area contributed by atoms with E-state index in [9.17, 15) is 13.6 Å². The molecule has 5 heteroatoms. The Balaban J connectivity index is 2.09. The van der Waals surface area contributed by atoms with E-state index in [0.717, 1.165) is 31.2 Å². The molecule has 0 aromatic heterocycles. The number of piperidine rings is 1. The number of nitrogens with one attached hydrogen (secondary N) is 2. The van der Waals surface area contributed by atoms with Crippen LogP contribution in [0.5, 0.6) is 0 Å². The maximum Gasteiger partial charge on any atom is 0.254 e. The van der Waals surface area contributed by atoms with Gasteiger partial charge in [0.2, 0.25) is 0 Å². The number of carbonyl (C=O) groups excluding carboxylic acids is 1. The van der Waals surface area contributed by atoms with Crippen LogP contribution >= 0.6 is 0 Å². The summed E-state index contributed by atoms with van der Waals surface area (Å²) in [6.45, 7) is 3.61. The Morgan fingerprint density at radius 1 is 1.44 bits per heavy atom. The van der Waals surface area contributed by atoms with E-state index in [2.05, 4.69) is 10.6 Å². The van der Waals surface area contributed by atoms with Crippen LogP contribution in [0.1, 0.15) is 23.7 Å². The number of hydrogen-bond acceptors (Lipinski definition) is 2. The molecule has 2 N–H and O–H groups in total. The predicted molar refractivity (Wildman–Crippen MR) is 64.3 cm³/mol. The Bertz CT molecular complexity index is 451. The zero-order chi connectivity index (χ0) is 13.1. The van der Waals surface area contributed by atoms with Crippen molar-refractivity contribution in [2.75, 3.05) is 13.1 Å². The molecule has 18 heavy (non-hydrogen) atoms. The number of hydrogen-bond donors (Lipinski definition) is 2. The summed E-state index contributed by atoms with van der Waals surface area (Å²) in [6, 6.07) is 2.84. The predicted octanol–water partition coefficient (Wildman–Crippen LogP) is 1.69. The Hall–Kier alpha value is -1.49. The Morgan fingerprint density at radius 2 is 2.22 bits per heavy atom. The Labute approximate surface area is 105 Å². The molecule has 0 bridgehead atoms. The highest BCUT2D eigenvalue weighted by Gasteiger charge is 2.24. The third kappa shape index (κ3) is 2.85. The number of carbonyl (C=O) groups is 1. The van der Waals surface area contributed by atoms with Crippen molar-refractivity contribution in [3.05, 3.63) is 35.4 Å². The molecule has 1 aliphatic heterocycles. The lowest BCUT2D eigenvalue weighted by Gasteiger charge is -2.30. The van der Waals surface area contributed by atoms with Crippen molar-refractivity contribution in [1.82, 2.24) is 10.6 Å². The molecule has 1 amide bonds. The molecule has 0 spiro atoms. The van der Waals surface area contributed by atoms with Gasteiger partial charge in [-0.1, -0.05) is 6.92 Å². The molecule has 0 unspecified atom stereocenters. The second kappa shape index (κ2) is 5.44. The molecule has 0 saturated carbocycles. The minimum Gasteiger partial charge on any atom is -0.348 e. The van der Waals surface area contributed by atoms with Crippen molar-refractivity contribution >= 4 is 5.91 Å². The number of benzene rings is 1. The van der Waals surface area contributed by atoms with Gasteiger partial charge in [-0.05, 0) is 37.1 Å². The lowest BCUT2D eigenvalue weighted by molar-refractivity contribution is 0.0910. The first kappa shape index (κ1) is 13.0. The largest absolute Gasteiger partial charge is 0.348 e. The summed E-state index contributed by atoms with van der Waals surface area (Å²) in [5.41, 5.74) is -0.243. The van der Waals surface area contributed by atoms with E-state index >= 15 is 0 Å².